The second kappa shape index (κ2) is 5.35. The highest BCUT2D eigenvalue weighted by atomic mass is 32.1. The summed E-state index contributed by atoms with van der Waals surface area (Å²) in [7, 11) is 1.60. The van der Waals surface area contributed by atoms with Crippen molar-refractivity contribution in [1.29, 1.82) is 0 Å². The number of nitrogens with two attached hydrogens (primary N) is 1. The van der Waals surface area contributed by atoms with Crippen molar-refractivity contribution in [2.24, 2.45) is 11.1 Å². The van der Waals surface area contributed by atoms with Crippen LogP contribution in [-0.4, -0.2) is 18.0 Å². The fourth-order valence-corrected chi connectivity index (χ4v) is 1.39. The lowest BCUT2D eigenvalue weighted by Crippen LogP contribution is -2.41. The van der Waals surface area contributed by atoms with Crippen LogP contribution in [0.4, 0.5) is 5.69 Å². The van der Waals surface area contributed by atoms with Gasteiger partial charge in [-0.3, -0.25) is 4.79 Å². The summed E-state index contributed by atoms with van der Waals surface area (Å²) in [5, 5.41) is 2.82. The van der Waals surface area contributed by atoms with Gasteiger partial charge in [0.05, 0.1) is 17.5 Å². The number of carbonyl (C=O) groups is 1. The average molecular weight is 266 g/mol. The topological polar surface area (TPSA) is 64.3 Å². The zero-order valence-corrected chi connectivity index (χ0v) is 11.9. The summed E-state index contributed by atoms with van der Waals surface area (Å²) in [6.45, 7) is 5.29. The van der Waals surface area contributed by atoms with Crippen molar-refractivity contribution in [2.75, 3.05) is 12.4 Å². The van der Waals surface area contributed by atoms with E-state index < -0.39 is 5.41 Å². The van der Waals surface area contributed by atoms with Crippen LogP contribution in [0.3, 0.4) is 0 Å². The maximum absolute atomic E-state index is 12.1. The third-order valence-electron chi connectivity index (χ3n) is 2.87. The number of benzene rings is 1. The highest BCUT2D eigenvalue weighted by Crippen LogP contribution is 2.24. The number of nitrogens with one attached hydrogen (secondary N) is 1. The standard InChI is InChI=1S/C13H18N2O2S/c1-8-7-9(17-4)5-6-10(8)15-12(16)13(2,3)11(14)18/h5-7H,1-4H3,(H2,14,18)(H,15,16). The molecular weight excluding hydrogens is 248 g/mol. The van der Waals surface area contributed by atoms with Crippen LogP contribution in [0.1, 0.15) is 19.4 Å². The number of ether oxygens (including phenoxy) is 1. The highest BCUT2D eigenvalue weighted by Gasteiger charge is 2.31. The molecule has 0 radical (unpaired) electrons. The number of anilines is 1. The number of carbonyl (C=O) groups excluding carboxylic acids is 1. The first-order valence-corrected chi connectivity index (χ1v) is 5.96. The number of aryl methyl sites for hydroxylation is 1. The maximum Gasteiger partial charge on any atom is 0.236 e. The van der Waals surface area contributed by atoms with Crippen molar-refractivity contribution in [1.82, 2.24) is 0 Å². The summed E-state index contributed by atoms with van der Waals surface area (Å²) in [6, 6.07) is 5.43. The molecule has 1 amide bonds. The van der Waals surface area contributed by atoms with E-state index in [-0.39, 0.29) is 10.9 Å². The molecule has 0 aromatic heterocycles. The monoisotopic (exact) mass is 266 g/mol. The van der Waals surface area contributed by atoms with Gasteiger partial charge in [0.1, 0.15) is 5.75 Å². The molecule has 4 nitrogen and oxygen atoms in total. The molecule has 18 heavy (non-hydrogen) atoms. The van der Waals surface area contributed by atoms with Gasteiger partial charge in [0.15, 0.2) is 0 Å². The molecule has 0 unspecified atom stereocenters. The van der Waals surface area contributed by atoms with Crippen LogP contribution in [0.15, 0.2) is 18.2 Å². The molecule has 0 saturated carbocycles. The summed E-state index contributed by atoms with van der Waals surface area (Å²) < 4.78 is 5.11. The molecule has 0 aliphatic heterocycles. The predicted octanol–water partition coefficient (Wildman–Crippen LogP) is 2.25. The molecule has 5 heteroatoms. The Hall–Kier alpha value is -1.62. The fraction of sp³-hybridized carbons (Fsp3) is 0.385. The van der Waals surface area contributed by atoms with E-state index in [0.717, 1.165) is 17.0 Å². The van der Waals surface area contributed by atoms with Gasteiger partial charge < -0.3 is 15.8 Å². The van der Waals surface area contributed by atoms with Gasteiger partial charge in [-0.1, -0.05) is 12.2 Å². The smallest absolute Gasteiger partial charge is 0.236 e. The third-order valence-corrected chi connectivity index (χ3v) is 3.38. The van der Waals surface area contributed by atoms with Crippen LogP contribution < -0.4 is 15.8 Å². The number of hydrogen-bond donors (Lipinski definition) is 2. The fourth-order valence-electron chi connectivity index (χ4n) is 1.29. The molecule has 0 atom stereocenters. The lowest BCUT2D eigenvalue weighted by Gasteiger charge is -2.22. The molecule has 1 aromatic rings. The summed E-state index contributed by atoms with van der Waals surface area (Å²) >= 11 is 4.89. The lowest BCUT2D eigenvalue weighted by atomic mass is 9.92. The molecule has 0 heterocycles. The van der Waals surface area contributed by atoms with Crippen LogP contribution >= 0.6 is 12.2 Å². The lowest BCUT2D eigenvalue weighted by molar-refractivity contribution is -0.121. The van der Waals surface area contributed by atoms with Crippen molar-refractivity contribution < 1.29 is 9.53 Å². The van der Waals surface area contributed by atoms with E-state index in [9.17, 15) is 4.79 Å². The van der Waals surface area contributed by atoms with Crippen LogP contribution in [0.2, 0.25) is 0 Å². The second-order valence-corrected chi connectivity index (χ2v) is 5.06. The van der Waals surface area contributed by atoms with E-state index in [4.69, 9.17) is 22.7 Å². The van der Waals surface area contributed by atoms with Crippen molar-refractivity contribution >= 4 is 28.8 Å². The molecule has 0 bridgehead atoms. The molecule has 0 fully saturated rings. The number of methoxy groups -OCH3 is 1. The van der Waals surface area contributed by atoms with Crippen molar-refractivity contribution in [3.05, 3.63) is 23.8 Å². The van der Waals surface area contributed by atoms with Crippen molar-refractivity contribution in [3.63, 3.8) is 0 Å². The van der Waals surface area contributed by atoms with E-state index in [0.29, 0.717) is 0 Å². The van der Waals surface area contributed by atoms with Crippen LogP contribution in [0.5, 0.6) is 5.75 Å². The Balaban J connectivity index is 2.92. The van der Waals surface area contributed by atoms with Gasteiger partial charge in [0, 0.05) is 5.69 Å². The van der Waals surface area contributed by atoms with Gasteiger partial charge in [0.2, 0.25) is 5.91 Å². The van der Waals surface area contributed by atoms with Gasteiger partial charge in [-0.2, -0.15) is 0 Å². The molecule has 0 saturated heterocycles. The normalized spacial score (nSPS) is 10.9. The Labute approximate surface area is 113 Å². The number of amides is 1. The predicted molar refractivity (Wildman–Crippen MR) is 76.9 cm³/mol. The Bertz CT molecular complexity index is 484. The first-order valence-electron chi connectivity index (χ1n) is 5.55. The van der Waals surface area contributed by atoms with E-state index in [1.807, 2.05) is 13.0 Å². The van der Waals surface area contributed by atoms with Gasteiger partial charge in [-0.25, -0.2) is 0 Å². The number of thiocarbonyl (C=S) groups is 1. The average Bonchev–Trinajstić information content (AvgIpc) is 2.31. The zero-order chi connectivity index (χ0) is 13.9. The summed E-state index contributed by atoms with van der Waals surface area (Å²) in [4.78, 5) is 12.2. The largest absolute Gasteiger partial charge is 0.497 e. The molecular formula is C13H18N2O2S. The van der Waals surface area contributed by atoms with Gasteiger partial charge in [0.25, 0.3) is 0 Å². The van der Waals surface area contributed by atoms with E-state index in [1.54, 1.807) is 33.1 Å². The zero-order valence-electron chi connectivity index (χ0n) is 11.0. The molecule has 98 valence electrons. The van der Waals surface area contributed by atoms with Gasteiger partial charge in [-0.15, -0.1) is 0 Å². The molecule has 1 aromatic carbocycles. The number of rotatable bonds is 4. The SMILES string of the molecule is COc1ccc(NC(=O)C(C)(C)C(N)=S)c(C)c1. The minimum Gasteiger partial charge on any atom is -0.497 e. The summed E-state index contributed by atoms with van der Waals surface area (Å²) in [6.07, 6.45) is 0. The van der Waals surface area contributed by atoms with Crippen molar-refractivity contribution in [3.8, 4) is 5.75 Å². The molecule has 0 aliphatic rings. The van der Waals surface area contributed by atoms with Crippen LogP contribution in [0.25, 0.3) is 0 Å². The Morgan fingerprint density at radius 1 is 1.44 bits per heavy atom. The quantitative estimate of drug-likeness (QED) is 0.820. The second-order valence-electron chi connectivity index (χ2n) is 4.62. The first-order chi connectivity index (χ1) is 8.28. The van der Waals surface area contributed by atoms with Crippen molar-refractivity contribution in [2.45, 2.75) is 20.8 Å². The maximum atomic E-state index is 12.1. The van der Waals surface area contributed by atoms with Gasteiger partial charge in [-0.05, 0) is 44.5 Å². The van der Waals surface area contributed by atoms with E-state index in [2.05, 4.69) is 5.32 Å². The Morgan fingerprint density at radius 2 is 2.06 bits per heavy atom. The van der Waals surface area contributed by atoms with E-state index in [1.165, 1.54) is 0 Å². The Morgan fingerprint density at radius 3 is 2.50 bits per heavy atom. The molecule has 0 aliphatic carbocycles. The van der Waals surface area contributed by atoms with Crippen LogP contribution in [0, 0.1) is 12.3 Å². The van der Waals surface area contributed by atoms with E-state index >= 15 is 0 Å². The summed E-state index contributed by atoms with van der Waals surface area (Å²) in [5.74, 6) is 0.530. The minimum atomic E-state index is -0.873. The molecule has 0 spiro atoms. The first kappa shape index (κ1) is 14.4. The third kappa shape index (κ3) is 2.98. The van der Waals surface area contributed by atoms with Gasteiger partial charge >= 0.3 is 0 Å². The Kier molecular flexibility index (Phi) is 4.29. The summed E-state index contributed by atoms with van der Waals surface area (Å²) in [5.41, 5.74) is 6.33. The number of hydrogen-bond acceptors (Lipinski definition) is 3. The minimum absolute atomic E-state index is 0.172. The highest BCUT2D eigenvalue weighted by molar-refractivity contribution is 7.80. The van der Waals surface area contributed by atoms with Crippen LogP contribution in [-0.2, 0) is 4.79 Å². The molecule has 3 N–H and O–H groups in total. The molecule has 1 rings (SSSR count).